The average Bonchev–Trinajstić information content (AvgIpc) is 2.26. The number of amides is 1. The monoisotopic (exact) mass is 212 g/mol. The summed E-state index contributed by atoms with van der Waals surface area (Å²) in [5.74, 6) is 0.309. The number of nitrogens with one attached hydrogen (secondary N) is 1. The number of rotatable bonds is 4. The second kappa shape index (κ2) is 5.50. The van der Waals surface area contributed by atoms with Crippen molar-refractivity contribution >= 4 is 5.91 Å². The summed E-state index contributed by atoms with van der Waals surface area (Å²) in [5.41, 5.74) is 0.355. The third kappa shape index (κ3) is 3.49. The Morgan fingerprint density at radius 2 is 2.27 bits per heavy atom. The molecule has 0 spiro atoms. The van der Waals surface area contributed by atoms with Crippen LogP contribution in [0.3, 0.4) is 0 Å². The van der Waals surface area contributed by atoms with Gasteiger partial charge < -0.3 is 10.2 Å². The number of hydrogen-bond donors (Lipinski definition) is 1. The Bertz CT molecular complexity index is 218. The molecule has 0 aliphatic carbocycles. The fourth-order valence-electron chi connectivity index (χ4n) is 2.21. The standard InChI is InChI=1S/C12H24N2O/c1-4-12(2)7-5-9-14(10-12)11(15)6-8-13-3/h13H,4-10H2,1-3H3. The fraction of sp³-hybridized carbons (Fsp3) is 0.917. The highest BCUT2D eigenvalue weighted by Crippen LogP contribution is 2.32. The minimum Gasteiger partial charge on any atom is -0.342 e. The van der Waals surface area contributed by atoms with Crippen molar-refractivity contribution in [2.24, 2.45) is 5.41 Å². The van der Waals surface area contributed by atoms with E-state index in [1.165, 1.54) is 12.8 Å². The SMILES string of the molecule is CCC1(C)CCCN(C(=O)CCNC)C1. The quantitative estimate of drug-likeness (QED) is 0.768. The lowest BCUT2D eigenvalue weighted by atomic mass is 9.79. The molecule has 0 aromatic heterocycles. The van der Waals surface area contributed by atoms with Crippen LogP contribution >= 0.6 is 0 Å². The Kier molecular flexibility index (Phi) is 4.58. The first-order valence-electron chi connectivity index (χ1n) is 6.04. The van der Waals surface area contributed by atoms with E-state index in [2.05, 4.69) is 19.2 Å². The Labute approximate surface area is 93.2 Å². The van der Waals surface area contributed by atoms with Crippen LogP contribution in [0.1, 0.15) is 39.5 Å². The number of hydrogen-bond acceptors (Lipinski definition) is 2. The van der Waals surface area contributed by atoms with E-state index in [0.29, 0.717) is 17.7 Å². The van der Waals surface area contributed by atoms with Crippen LogP contribution in [0.2, 0.25) is 0 Å². The fourth-order valence-corrected chi connectivity index (χ4v) is 2.21. The van der Waals surface area contributed by atoms with Crippen molar-refractivity contribution in [3.05, 3.63) is 0 Å². The minimum atomic E-state index is 0.309. The smallest absolute Gasteiger partial charge is 0.223 e. The van der Waals surface area contributed by atoms with E-state index < -0.39 is 0 Å². The van der Waals surface area contributed by atoms with Crippen molar-refractivity contribution in [1.29, 1.82) is 0 Å². The summed E-state index contributed by atoms with van der Waals surface area (Å²) in [5, 5.41) is 3.02. The zero-order valence-electron chi connectivity index (χ0n) is 10.3. The van der Waals surface area contributed by atoms with Crippen LogP contribution in [0.4, 0.5) is 0 Å². The van der Waals surface area contributed by atoms with Gasteiger partial charge in [0.15, 0.2) is 0 Å². The summed E-state index contributed by atoms with van der Waals surface area (Å²) >= 11 is 0. The predicted molar refractivity (Wildman–Crippen MR) is 62.8 cm³/mol. The molecule has 3 nitrogen and oxygen atoms in total. The number of likely N-dealkylation sites (tertiary alicyclic amines) is 1. The summed E-state index contributed by atoms with van der Waals surface area (Å²) in [6.45, 7) is 7.22. The molecule has 1 fully saturated rings. The van der Waals surface area contributed by atoms with Gasteiger partial charge in [-0.05, 0) is 31.7 Å². The molecule has 88 valence electrons. The zero-order valence-corrected chi connectivity index (χ0v) is 10.3. The van der Waals surface area contributed by atoms with Gasteiger partial charge in [-0.2, -0.15) is 0 Å². The van der Waals surface area contributed by atoms with Crippen LogP contribution in [0.15, 0.2) is 0 Å². The summed E-state index contributed by atoms with van der Waals surface area (Å²) < 4.78 is 0. The molecule has 1 N–H and O–H groups in total. The van der Waals surface area contributed by atoms with Crippen molar-refractivity contribution in [1.82, 2.24) is 10.2 Å². The van der Waals surface area contributed by atoms with Gasteiger partial charge in [-0.15, -0.1) is 0 Å². The van der Waals surface area contributed by atoms with Gasteiger partial charge in [-0.1, -0.05) is 13.8 Å². The largest absolute Gasteiger partial charge is 0.342 e. The number of carbonyl (C=O) groups is 1. The summed E-state index contributed by atoms with van der Waals surface area (Å²) in [6, 6.07) is 0. The molecule has 0 radical (unpaired) electrons. The summed E-state index contributed by atoms with van der Waals surface area (Å²) in [7, 11) is 1.89. The number of carbonyl (C=O) groups excluding carboxylic acids is 1. The van der Waals surface area contributed by atoms with Crippen molar-refractivity contribution in [2.75, 3.05) is 26.7 Å². The van der Waals surface area contributed by atoms with Gasteiger partial charge in [0.25, 0.3) is 0 Å². The van der Waals surface area contributed by atoms with Crippen molar-refractivity contribution < 1.29 is 4.79 Å². The Morgan fingerprint density at radius 3 is 2.87 bits per heavy atom. The maximum Gasteiger partial charge on any atom is 0.223 e. The van der Waals surface area contributed by atoms with Crippen molar-refractivity contribution in [3.63, 3.8) is 0 Å². The summed E-state index contributed by atoms with van der Waals surface area (Å²) in [4.78, 5) is 13.9. The number of piperidine rings is 1. The Hall–Kier alpha value is -0.570. The molecule has 1 rings (SSSR count). The first-order chi connectivity index (χ1) is 7.11. The van der Waals surface area contributed by atoms with E-state index in [9.17, 15) is 4.79 Å². The second-order valence-electron chi connectivity index (χ2n) is 4.94. The van der Waals surface area contributed by atoms with Crippen molar-refractivity contribution in [2.45, 2.75) is 39.5 Å². The van der Waals surface area contributed by atoms with Crippen LogP contribution in [0.5, 0.6) is 0 Å². The van der Waals surface area contributed by atoms with Gasteiger partial charge in [0, 0.05) is 26.1 Å². The van der Waals surface area contributed by atoms with Crippen molar-refractivity contribution in [3.8, 4) is 0 Å². The topological polar surface area (TPSA) is 32.3 Å². The molecule has 1 aliphatic heterocycles. The van der Waals surface area contributed by atoms with E-state index in [1.807, 2.05) is 11.9 Å². The molecule has 1 saturated heterocycles. The molecule has 1 unspecified atom stereocenters. The van der Waals surface area contributed by atoms with E-state index in [1.54, 1.807) is 0 Å². The molecule has 0 aromatic carbocycles. The van der Waals surface area contributed by atoms with Gasteiger partial charge in [0.2, 0.25) is 5.91 Å². The van der Waals surface area contributed by atoms with Crippen LogP contribution in [-0.4, -0.2) is 37.5 Å². The van der Waals surface area contributed by atoms with Gasteiger partial charge in [0.1, 0.15) is 0 Å². The van der Waals surface area contributed by atoms with E-state index in [0.717, 1.165) is 26.1 Å². The molecule has 0 saturated carbocycles. The lowest BCUT2D eigenvalue weighted by Gasteiger charge is -2.40. The van der Waals surface area contributed by atoms with Gasteiger partial charge in [-0.25, -0.2) is 0 Å². The van der Waals surface area contributed by atoms with Crippen LogP contribution in [-0.2, 0) is 4.79 Å². The highest BCUT2D eigenvalue weighted by atomic mass is 16.2. The highest BCUT2D eigenvalue weighted by Gasteiger charge is 2.31. The van der Waals surface area contributed by atoms with Crippen LogP contribution in [0, 0.1) is 5.41 Å². The minimum absolute atomic E-state index is 0.309. The maximum absolute atomic E-state index is 11.8. The first kappa shape index (κ1) is 12.5. The van der Waals surface area contributed by atoms with Crippen LogP contribution in [0.25, 0.3) is 0 Å². The molecule has 1 atom stereocenters. The first-order valence-corrected chi connectivity index (χ1v) is 6.04. The molecule has 1 aliphatic rings. The molecule has 3 heteroatoms. The summed E-state index contributed by atoms with van der Waals surface area (Å²) in [6.07, 6.45) is 4.23. The average molecular weight is 212 g/mol. The molecular weight excluding hydrogens is 188 g/mol. The predicted octanol–water partition coefficient (Wildman–Crippen LogP) is 1.63. The molecular formula is C12H24N2O. The second-order valence-corrected chi connectivity index (χ2v) is 4.94. The van der Waals surface area contributed by atoms with Gasteiger partial charge in [0.05, 0.1) is 0 Å². The molecule has 0 bridgehead atoms. The Balaban J connectivity index is 2.45. The lowest BCUT2D eigenvalue weighted by Crippen LogP contribution is -2.45. The molecule has 1 amide bonds. The third-order valence-electron chi connectivity index (χ3n) is 3.58. The van der Waals surface area contributed by atoms with Gasteiger partial charge >= 0.3 is 0 Å². The van der Waals surface area contributed by atoms with E-state index >= 15 is 0 Å². The third-order valence-corrected chi connectivity index (χ3v) is 3.58. The normalized spacial score (nSPS) is 26.7. The maximum atomic E-state index is 11.8. The molecule has 1 heterocycles. The Morgan fingerprint density at radius 1 is 1.53 bits per heavy atom. The van der Waals surface area contributed by atoms with E-state index in [4.69, 9.17) is 0 Å². The van der Waals surface area contributed by atoms with Gasteiger partial charge in [-0.3, -0.25) is 4.79 Å². The lowest BCUT2D eigenvalue weighted by molar-refractivity contribution is -0.134. The van der Waals surface area contributed by atoms with E-state index in [-0.39, 0.29) is 0 Å². The zero-order chi connectivity index (χ0) is 11.3. The molecule has 15 heavy (non-hydrogen) atoms. The van der Waals surface area contributed by atoms with Crippen LogP contribution < -0.4 is 5.32 Å². The number of nitrogens with zero attached hydrogens (tertiary/aromatic N) is 1. The highest BCUT2D eigenvalue weighted by molar-refractivity contribution is 5.76. The molecule has 0 aromatic rings.